The average molecular weight is 350 g/mol. The van der Waals surface area contributed by atoms with E-state index in [1.807, 2.05) is 60.7 Å². The fourth-order valence-corrected chi connectivity index (χ4v) is 2.97. The van der Waals surface area contributed by atoms with Gasteiger partial charge in [0.05, 0.1) is 26.2 Å². The van der Waals surface area contributed by atoms with Crippen LogP contribution in [0.25, 0.3) is 0 Å². The first-order chi connectivity index (χ1) is 11.6. The second-order valence-corrected chi connectivity index (χ2v) is 6.61. The molecule has 2 rings (SSSR count). The zero-order chi connectivity index (χ0) is 17.3. The van der Waals surface area contributed by atoms with Crippen molar-refractivity contribution in [3.8, 4) is 0 Å². The van der Waals surface area contributed by atoms with Gasteiger partial charge >= 0.3 is 13.8 Å². The SMILES string of the molecule is O=C(O)CCOP(=O)(OCc1ccccc1)OCc1ccccc1. The highest BCUT2D eigenvalue weighted by atomic mass is 31.2. The number of benzene rings is 2. The number of rotatable bonds is 10. The maximum absolute atomic E-state index is 12.7. The van der Waals surface area contributed by atoms with E-state index in [1.54, 1.807) is 0 Å². The van der Waals surface area contributed by atoms with Crippen molar-refractivity contribution in [2.75, 3.05) is 6.61 Å². The standard InChI is InChI=1S/C17H19O6P/c18-17(19)11-12-21-24(20,22-13-15-7-3-1-4-8-15)23-14-16-9-5-2-6-10-16/h1-10H,11-14H2,(H,18,19). The van der Waals surface area contributed by atoms with Crippen molar-refractivity contribution >= 4 is 13.8 Å². The molecule has 2 aromatic rings. The van der Waals surface area contributed by atoms with Gasteiger partial charge in [-0.2, -0.15) is 0 Å². The highest BCUT2D eigenvalue weighted by Gasteiger charge is 2.27. The first-order valence-electron chi connectivity index (χ1n) is 7.41. The molecular weight excluding hydrogens is 331 g/mol. The van der Waals surface area contributed by atoms with Gasteiger partial charge < -0.3 is 5.11 Å². The summed E-state index contributed by atoms with van der Waals surface area (Å²) in [5.41, 5.74) is 1.62. The van der Waals surface area contributed by atoms with Crippen LogP contribution >= 0.6 is 7.82 Å². The van der Waals surface area contributed by atoms with Gasteiger partial charge in [-0.3, -0.25) is 18.4 Å². The Kier molecular flexibility index (Phi) is 7.15. The zero-order valence-corrected chi connectivity index (χ0v) is 13.9. The summed E-state index contributed by atoms with van der Waals surface area (Å²) in [6, 6.07) is 18.3. The van der Waals surface area contributed by atoms with Crippen LogP contribution in [0.15, 0.2) is 60.7 Å². The van der Waals surface area contributed by atoms with Crippen molar-refractivity contribution in [2.24, 2.45) is 0 Å². The molecule has 128 valence electrons. The fourth-order valence-electron chi connectivity index (χ4n) is 1.81. The van der Waals surface area contributed by atoms with Gasteiger partial charge in [0, 0.05) is 0 Å². The predicted octanol–water partition coefficient (Wildman–Crippen LogP) is 4.02. The van der Waals surface area contributed by atoms with Gasteiger partial charge in [0.15, 0.2) is 0 Å². The lowest BCUT2D eigenvalue weighted by Crippen LogP contribution is -2.06. The van der Waals surface area contributed by atoms with Crippen LogP contribution < -0.4 is 0 Å². The van der Waals surface area contributed by atoms with Gasteiger partial charge in [0.25, 0.3) is 0 Å². The van der Waals surface area contributed by atoms with Crippen molar-refractivity contribution in [1.29, 1.82) is 0 Å². The minimum Gasteiger partial charge on any atom is -0.481 e. The van der Waals surface area contributed by atoms with E-state index in [1.165, 1.54) is 0 Å². The molecule has 0 bridgehead atoms. The summed E-state index contributed by atoms with van der Waals surface area (Å²) in [6.45, 7) is -0.170. The summed E-state index contributed by atoms with van der Waals surface area (Å²) in [5.74, 6) is -1.05. The number of phosphoric acid groups is 1. The van der Waals surface area contributed by atoms with Gasteiger partial charge in [-0.05, 0) is 11.1 Å². The van der Waals surface area contributed by atoms with Gasteiger partial charge in [-0.15, -0.1) is 0 Å². The largest absolute Gasteiger partial charge is 0.481 e. The maximum Gasteiger partial charge on any atom is 0.475 e. The molecule has 0 atom stereocenters. The minimum atomic E-state index is -3.87. The van der Waals surface area contributed by atoms with E-state index in [0.29, 0.717) is 0 Å². The van der Waals surface area contributed by atoms with E-state index in [-0.39, 0.29) is 26.2 Å². The molecule has 0 fully saturated rings. The molecular formula is C17H19O6P. The van der Waals surface area contributed by atoms with E-state index in [2.05, 4.69) is 0 Å². The molecule has 7 heteroatoms. The number of carbonyl (C=O) groups is 1. The average Bonchev–Trinajstić information content (AvgIpc) is 2.60. The van der Waals surface area contributed by atoms with Crippen LogP contribution in [-0.2, 0) is 36.1 Å². The third kappa shape index (κ3) is 6.64. The molecule has 0 aliphatic carbocycles. The highest BCUT2D eigenvalue weighted by Crippen LogP contribution is 2.51. The van der Waals surface area contributed by atoms with Crippen LogP contribution in [0.2, 0.25) is 0 Å². The minimum absolute atomic E-state index is 0.0416. The van der Waals surface area contributed by atoms with Crippen molar-refractivity contribution in [2.45, 2.75) is 19.6 Å². The van der Waals surface area contributed by atoms with Gasteiger partial charge in [-0.25, -0.2) is 4.57 Å². The van der Waals surface area contributed by atoms with Gasteiger partial charge in [-0.1, -0.05) is 60.7 Å². The monoisotopic (exact) mass is 350 g/mol. The summed E-state index contributed by atoms with van der Waals surface area (Å²) in [4.78, 5) is 10.6. The molecule has 0 saturated heterocycles. The third-order valence-corrected chi connectivity index (χ3v) is 4.42. The second kappa shape index (κ2) is 9.35. The summed E-state index contributed by atoms with van der Waals surface area (Å²) in [5, 5.41) is 8.67. The Bertz CT molecular complexity index is 626. The van der Waals surface area contributed by atoms with E-state index in [0.717, 1.165) is 11.1 Å². The van der Waals surface area contributed by atoms with Crippen LogP contribution in [-0.4, -0.2) is 17.7 Å². The van der Waals surface area contributed by atoms with Crippen molar-refractivity contribution in [3.05, 3.63) is 71.8 Å². The molecule has 0 saturated carbocycles. The van der Waals surface area contributed by atoms with Crippen LogP contribution in [0.5, 0.6) is 0 Å². The van der Waals surface area contributed by atoms with Crippen molar-refractivity contribution in [1.82, 2.24) is 0 Å². The number of carboxylic acid groups (broad SMARTS) is 1. The number of aliphatic carboxylic acids is 1. The molecule has 1 N–H and O–H groups in total. The van der Waals surface area contributed by atoms with Crippen molar-refractivity contribution < 1.29 is 28.0 Å². The third-order valence-electron chi connectivity index (χ3n) is 3.03. The van der Waals surface area contributed by atoms with Crippen LogP contribution in [0.4, 0.5) is 0 Å². The lowest BCUT2D eigenvalue weighted by molar-refractivity contribution is -0.137. The Labute approximate surface area is 140 Å². The normalized spacial score (nSPS) is 11.3. The first-order valence-corrected chi connectivity index (χ1v) is 8.87. The van der Waals surface area contributed by atoms with Gasteiger partial charge in [0.2, 0.25) is 0 Å². The van der Waals surface area contributed by atoms with Gasteiger partial charge in [0.1, 0.15) is 0 Å². The molecule has 0 unspecified atom stereocenters. The summed E-state index contributed by atoms with van der Waals surface area (Å²) >= 11 is 0. The number of phosphoric ester groups is 1. The summed E-state index contributed by atoms with van der Waals surface area (Å²) < 4.78 is 28.5. The molecule has 24 heavy (non-hydrogen) atoms. The Morgan fingerprint density at radius 1 is 0.833 bits per heavy atom. The summed E-state index contributed by atoms with van der Waals surface area (Å²) in [7, 11) is -3.87. The van der Waals surface area contributed by atoms with E-state index in [9.17, 15) is 9.36 Å². The van der Waals surface area contributed by atoms with Crippen LogP contribution in [0.3, 0.4) is 0 Å². The molecule has 0 heterocycles. The molecule has 2 aromatic carbocycles. The molecule has 0 radical (unpaired) electrons. The predicted molar refractivity (Wildman–Crippen MR) is 88.3 cm³/mol. The number of carboxylic acids is 1. The van der Waals surface area contributed by atoms with E-state index in [4.69, 9.17) is 18.7 Å². The first kappa shape index (κ1) is 18.4. The Balaban J connectivity index is 1.96. The molecule has 0 aliphatic heterocycles. The fraction of sp³-hybridized carbons (Fsp3) is 0.235. The van der Waals surface area contributed by atoms with Crippen LogP contribution in [0.1, 0.15) is 17.5 Å². The lowest BCUT2D eigenvalue weighted by atomic mass is 10.2. The van der Waals surface area contributed by atoms with E-state index >= 15 is 0 Å². The molecule has 0 aliphatic rings. The topological polar surface area (TPSA) is 82.1 Å². The maximum atomic E-state index is 12.7. The number of hydrogen-bond donors (Lipinski definition) is 1. The summed E-state index contributed by atoms with van der Waals surface area (Å²) in [6.07, 6.45) is -0.284. The van der Waals surface area contributed by atoms with Crippen LogP contribution in [0, 0.1) is 0 Å². The Hall–Kier alpha value is -1.98. The van der Waals surface area contributed by atoms with Crippen molar-refractivity contribution in [3.63, 3.8) is 0 Å². The molecule has 0 spiro atoms. The smallest absolute Gasteiger partial charge is 0.475 e. The quantitative estimate of drug-likeness (QED) is 0.652. The highest BCUT2D eigenvalue weighted by molar-refractivity contribution is 7.48. The lowest BCUT2D eigenvalue weighted by Gasteiger charge is -2.18. The Morgan fingerprint density at radius 3 is 1.71 bits per heavy atom. The molecule has 0 amide bonds. The molecule has 0 aromatic heterocycles. The second-order valence-electron chi connectivity index (χ2n) is 4.94. The number of hydrogen-bond acceptors (Lipinski definition) is 5. The molecule has 6 nitrogen and oxygen atoms in total. The Morgan fingerprint density at radius 2 is 1.29 bits per heavy atom. The zero-order valence-electron chi connectivity index (χ0n) is 13.0. The van der Waals surface area contributed by atoms with E-state index < -0.39 is 13.8 Å².